The molecule has 0 bridgehead atoms. The van der Waals surface area contributed by atoms with Gasteiger partial charge in [0.15, 0.2) is 5.82 Å². The third-order valence-electron chi connectivity index (χ3n) is 3.43. The number of carbonyl (C=O) groups excluding carboxylic acids is 1. The molecule has 0 unspecified atom stereocenters. The first-order chi connectivity index (χ1) is 11.5. The minimum Gasteiger partial charge on any atom is -0.304 e. The molecule has 0 saturated heterocycles. The van der Waals surface area contributed by atoms with E-state index in [1.165, 1.54) is 18.3 Å². The van der Waals surface area contributed by atoms with E-state index in [1.54, 1.807) is 33.9 Å². The third-order valence-corrected chi connectivity index (χ3v) is 3.70. The quantitative estimate of drug-likeness (QED) is 0.770. The van der Waals surface area contributed by atoms with Gasteiger partial charge in [0.1, 0.15) is 10.8 Å². The summed E-state index contributed by atoms with van der Waals surface area (Å²) < 4.78 is 16.2. The lowest BCUT2D eigenvalue weighted by atomic mass is 10.2. The van der Waals surface area contributed by atoms with Crippen molar-refractivity contribution >= 4 is 23.3 Å². The number of amides is 1. The first kappa shape index (κ1) is 16.2. The highest BCUT2D eigenvalue weighted by Gasteiger charge is 2.14. The Morgan fingerprint density at radius 2 is 2.00 bits per heavy atom. The minimum atomic E-state index is -0.330. The largest absolute Gasteiger partial charge is 0.304 e. The summed E-state index contributed by atoms with van der Waals surface area (Å²) in [6.07, 6.45) is 4.75. The van der Waals surface area contributed by atoms with Crippen molar-refractivity contribution in [2.75, 3.05) is 5.32 Å². The van der Waals surface area contributed by atoms with E-state index in [4.69, 9.17) is 11.6 Å². The molecular weight excluding hydrogens is 333 g/mol. The number of aromatic nitrogens is 4. The fourth-order valence-corrected chi connectivity index (χ4v) is 2.37. The number of hydrogen-bond acceptors (Lipinski definition) is 3. The van der Waals surface area contributed by atoms with Crippen molar-refractivity contribution in [1.82, 2.24) is 19.6 Å². The Balaban J connectivity index is 1.71. The second-order valence-corrected chi connectivity index (χ2v) is 5.60. The molecular formula is C16H15ClFN5O. The van der Waals surface area contributed by atoms with Crippen LogP contribution in [-0.2, 0) is 13.1 Å². The maximum Gasteiger partial charge on any atom is 0.260 e. The van der Waals surface area contributed by atoms with Gasteiger partial charge in [0.05, 0.1) is 18.3 Å². The molecule has 0 radical (unpaired) electrons. The van der Waals surface area contributed by atoms with Gasteiger partial charge in [-0.1, -0.05) is 23.7 Å². The van der Waals surface area contributed by atoms with Gasteiger partial charge < -0.3 is 5.32 Å². The van der Waals surface area contributed by atoms with Crippen LogP contribution in [-0.4, -0.2) is 25.5 Å². The van der Waals surface area contributed by atoms with Crippen LogP contribution in [0.5, 0.6) is 0 Å². The van der Waals surface area contributed by atoms with Gasteiger partial charge in [-0.05, 0) is 24.6 Å². The SMILES string of the molecule is CCn1cc(C(=O)Nc2nn(Cc3ccc(F)cc3)cc2Cl)cn1. The van der Waals surface area contributed by atoms with Crippen LogP contribution in [0.2, 0.25) is 5.02 Å². The average Bonchev–Trinajstić information content (AvgIpc) is 3.17. The average molecular weight is 348 g/mol. The van der Waals surface area contributed by atoms with E-state index in [0.29, 0.717) is 23.7 Å². The summed E-state index contributed by atoms with van der Waals surface area (Å²) in [6.45, 7) is 3.03. The van der Waals surface area contributed by atoms with Crippen molar-refractivity contribution in [1.29, 1.82) is 0 Å². The number of carbonyl (C=O) groups is 1. The molecule has 6 nitrogen and oxygen atoms in total. The molecule has 0 aliphatic rings. The normalized spacial score (nSPS) is 10.8. The van der Waals surface area contributed by atoms with Gasteiger partial charge in [0, 0.05) is 18.9 Å². The van der Waals surface area contributed by atoms with Gasteiger partial charge in [0.25, 0.3) is 5.91 Å². The molecule has 0 atom stereocenters. The van der Waals surface area contributed by atoms with E-state index in [0.717, 1.165) is 5.56 Å². The lowest BCUT2D eigenvalue weighted by Crippen LogP contribution is -2.12. The molecule has 1 aromatic carbocycles. The number of aryl methyl sites for hydroxylation is 1. The zero-order chi connectivity index (χ0) is 17.1. The standard InChI is InChI=1S/C16H15ClFN5O/c1-2-22-9-12(7-19-22)16(24)20-15-14(17)10-23(21-15)8-11-3-5-13(18)6-4-11/h3-7,9-10H,2,8H2,1H3,(H,20,21,24). The molecule has 2 heterocycles. The fraction of sp³-hybridized carbons (Fsp3) is 0.188. The molecule has 124 valence electrons. The number of anilines is 1. The van der Waals surface area contributed by atoms with Gasteiger partial charge >= 0.3 is 0 Å². The Bertz CT molecular complexity index is 856. The summed E-state index contributed by atoms with van der Waals surface area (Å²) in [6, 6.07) is 6.10. The third kappa shape index (κ3) is 3.62. The predicted molar refractivity (Wildman–Crippen MR) is 88.6 cm³/mol. The van der Waals surface area contributed by atoms with Crippen molar-refractivity contribution in [2.24, 2.45) is 0 Å². The fourth-order valence-electron chi connectivity index (χ4n) is 2.17. The molecule has 3 rings (SSSR count). The topological polar surface area (TPSA) is 64.7 Å². The molecule has 0 spiro atoms. The van der Waals surface area contributed by atoms with Crippen LogP contribution in [0.25, 0.3) is 0 Å². The van der Waals surface area contributed by atoms with Crippen molar-refractivity contribution in [3.8, 4) is 0 Å². The molecule has 0 fully saturated rings. The Morgan fingerprint density at radius 1 is 1.25 bits per heavy atom. The van der Waals surface area contributed by atoms with E-state index >= 15 is 0 Å². The maximum absolute atomic E-state index is 12.9. The molecule has 1 amide bonds. The molecule has 8 heteroatoms. The first-order valence-electron chi connectivity index (χ1n) is 7.36. The lowest BCUT2D eigenvalue weighted by molar-refractivity contribution is 0.102. The lowest BCUT2D eigenvalue weighted by Gasteiger charge is -2.02. The van der Waals surface area contributed by atoms with Crippen LogP contribution >= 0.6 is 11.6 Å². The van der Waals surface area contributed by atoms with Gasteiger partial charge in [-0.15, -0.1) is 0 Å². The smallest absolute Gasteiger partial charge is 0.260 e. The number of benzene rings is 1. The van der Waals surface area contributed by atoms with Crippen LogP contribution < -0.4 is 5.32 Å². The van der Waals surface area contributed by atoms with Crippen molar-refractivity contribution in [2.45, 2.75) is 20.0 Å². The van der Waals surface area contributed by atoms with E-state index in [2.05, 4.69) is 15.5 Å². The van der Waals surface area contributed by atoms with Crippen LogP contribution in [0, 0.1) is 5.82 Å². The van der Waals surface area contributed by atoms with Crippen LogP contribution in [0.15, 0.2) is 42.9 Å². The highest BCUT2D eigenvalue weighted by atomic mass is 35.5. The van der Waals surface area contributed by atoms with Gasteiger partial charge in [-0.2, -0.15) is 10.2 Å². The number of halogens is 2. The summed E-state index contributed by atoms with van der Waals surface area (Å²) in [4.78, 5) is 12.2. The van der Waals surface area contributed by atoms with Gasteiger partial charge in [0.2, 0.25) is 0 Å². The number of rotatable bonds is 5. The minimum absolute atomic E-state index is 0.271. The summed E-state index contributed by atoms with van der Waals surface area (Å²) >= 11 is 6.12. The summed E-state index contributed by atoms with van der Waals surface area (Å²) in [5.74, 6) is -0.352. The number of nitrogens with one attached hydrogen (secondary N) is 1. The van der Waals surface area contributed by atoms with Gasteiger partial charge in [-0.3, -0.25) is 14.2 Å². The van der Waals surface area contributed by atoms with E-state index < -0.39 is 0 Å². The second kappa shape index (κ2) is 6.84. The zero-order valence-corrected chi connectivity index (χ0v) is 13.7. The molecule has 0 saturated carbocycles. The van der Waals surface area contributed by atoms with E-state index in [-0.39, 0.29) is 17.5 Å². The van der Waals surface area contributed by atoms with Crippen molar-refractivity contribution in [3.63, 3.8) is 0 Å². The first-order valence-corrected chi connectivity index (χ1v) is 7.74. The molecule has 1 N–H and O–H groups in total. The van der Waals surface area contributed by atoms with Crippen LogP contribution in [0.3, 0.4) is 0 Å². The Labute approximate surface area is 142 Å². The number of nitrogens with zero attached hydrogens (tertiary/aromatic N) is 4. The molecule has 24 heavy (non-hydrogen) atoms. The van der Waals surface area contributed by atoms with Crippen LogP contribution in [0.1, 0.15) is 22.8 Å². The highest BCUT2D eigenvalue weighted by Crippen LogP contribution is 2.20. The Hall–Kier alpha value is -2.67. The van der Waals surface area contributed by atoms with E-state index in [1.807, 2.05) is 6.92 Å². The monoisotopic (exact) mass is 347 g/mol. The summed E-state index contributed by atoms with van der Waals surface area (Å²) in [7, 11) is 0. The van der Waals surface area contributed by atoms with E-state index in [9.17, 15) is 9.18 Å². The summed E-state index contributed by atoms with van der Waals surface area (Å²) in [5, 5.41) is 11.3. The Kier molecular flexibility index (Phi) is 4.61. The number of hydrogen-bond donors (Lipinski definition) is 1. The molecule has 0 aliphatic carbocycles. The maximum atomic E-state index is 12.9. The zero-order valence-electron chi connectivity index (χ0n) is 12.9. The summed E-state index contributed by atoms with van der Waals surface area (Å²) in [5.41, 5.74) is 1.30. The molecule has 3 aromatic rings. The Morgan fingerprint density at radius 3 is 2.67 bits per heavy atom. The molecule has 2 aromatic heterocycles. The molecule has 0 aliphatic heterocycles. The van der Waals surface area contributed by atoms with Crippen LogP contribution in [0.4, 0.5) is 10.2 Å². The second-order valence-electron chi connectivity index (χ2n) is 5.19. The van der Waals surface area contributed by atoms with Crippen molar-refractivity contribution < 1.29 is 9.18 Å². The van der Waals surface area contributed by atoms with Crippen molar-refractivity contribution in [3.05, 3.63) is 64.8 Å². The van der Waals surface area contributed by atoms with Gasteiger partial charge in [-0.25, -0.2) is 4.39 Å². The predicted octanol–water partition coefficient (Wildman–Crippen LogP) is 3.19. The highest BCUT2D eigenvalue weighted by molar-refractivity contribution is 6.33.